The van der Waals surface area contributed by atoms with Gasteiger partial charge in [0, 0.05) is 12.5 Å². The Morgan fingerprint density at radius 3 is 2.17 bits per heavy atom. The van der Waals surface area contributed by atoms with E-state index in [0.717, 1.165) is 61.6 Å². The first-order valence-corrected chi connectivity index (χ1v) is 17.0. The molecule has 3 aromatic rings. The molecule has 0 aromatic heterocycles. The molecule has 0 radical (unpaired) electrons. The van der Waals surface area contributed by atoms with Crippen LogP contribution >= 0.6 is 0 Å². The highest BCUT2D eigenvalue weighted by molar-refractivity contribution is 5.91. The molecule has 240 valence electrons. The Morgan fingerprint density at radius 1 is 0.804 bits per heavy atom. The van der Waals surface area contributed by atoms with Crippen LogP contribution in [0, 0.1) is 5.92 Å². The van der Waals surface area contributed by atoms with Crippen LogP contribution in [-0.4, -0.2) is 54.1 Å². The number of nitrogens with two attached hydrogens (primary N) is 1. The lowest BCUT2D eigenvalue weighted by Crippen LogP contribution is -2.54. The first-order valence-electron chi connectivity index (χ1n) is 17.0. The van der Waals surface area contributed by atoms with Gasteiger partial charge >= 0.3 is 6.09 Å². The first kappa shape index (κ1) is 30.5. The summed E-state index contributed by atoms with van der Waals surface area (Å²) in [5, 5.41) is 6.24. The van der Waals surface area contributed by atoms with Gasteiger partial charge in [0.2, 0.25) is 11.8 Å². The third-order valence-corrected chi connectivity index (χ3v) is 10.7. The van der Waals surface area contributed by atoms with E-state index in [1.165, 1.54) is 23.1 Å². The Morgan fingerprint density at radius 2 is 1.46 bits per heavy atom. The molecule has 7 rings (SSSR count). The number of benzene rings is 3. The van der Waals surface area contributed by atoms with Crippen LogP contribution in [0.25, 0.3) is 11.1 Å². The smallest absolute Gasteiger partial charge is 0.407 e. The van der Waals surface area contributed by atoms with Crippen LogP contribution in [0.1, 0.15) is 85.6 Å². The number of hydrogen-bond donors (Lipinski definition) is 3. The van der Waals surface area contributed by atoms with Gasteiger partial charge in [-0.3, -0.25) is 9.59 Å². The highest BCUT2D eigenvalue weighted by atomic mass is 16.5. The summed E-state index contributed by atoms with van der Waals surface area (Å²) < 4.78 is 5.82. The molecule has 4 aliphatic rings. The van der Waals surface area contributed by atoms with E-state index in [0.29, 0.717) is 6.42 Å². The third-order valence-electron chi connectivity index (χ3n) is 10.7. The number of aryl methyl sites for hydroxylation is 1. The van der Waals surface area contributed by atoms with Gasteiger partial charge in [0.15, 0.2) is 0 Å². The van der Waals surface area contributed by atoms with E-state index in [1.54, 1.807) is 4.90 Å². The van der Waals surface area contributed by atoms with Crippen molar-refractivity contribution in [3.05, 3.63) is 95.1 Å². The lowest BCUT2D eigenvalue weighted by Gasteiger charge is -2.33. The van der Waals surface area contributed by atoms with Crippen molar-refractivity contribution in [3.63, 3.8) is 0 Å². The summed E-state index contributed by atoms with van der Waals surface area (Å²) in [5.74, 6) is -0.329. The highest BCUT2D eigenvalue weighted by Crippen LogP contribution is 2.44. The zero-order valence-electron chi connectivity index (χ0n) is 26.3. The second-order valence-corrected chi connectivity index (χ2v) is 13.5. The van der Waals surface area contributed by atoms with Crippen LogP contribution in [0.15, 0.2) is 72.8 Å². The minimum atomic E-state index is -0.713. The molecule has 0 spiro atoms. The summed E-state index contributed by atoms with van der Waals surface area (Å²) in [6.45, 7) is 0.426. The number of rotatable bonds is 7. The standard InChI is InChI=1S/C38H44N4O4/c39-35(25-12-2-1-3-13-25)37(44)42-22-26(21-34(42)36(43)41-33-20-10-14-24-11-4-5-15-27(24)33)40-38(45)46-23-32-30-18-8-6-16-28(30)29-17-7-9-19-31(29)32/h4-9,11,15-19,25-26,32-35H,1-3,10,12-14,20-23,39H2,(H,40,45)(H,41,43). The van der Waals surface area contributed by atoms with E-state index in [2.05, 4.69) is 47.0 Å². The molecule has 4 unspecified atom stereocenters. The summed E-state index contributed by atoms with van der Waals surface area (Å²) in [7, 11) is 0. The van der Waals surface area contributed by atoms with Crippen molar-refractivity contribution in [1.82, 2.24) is 15.5 Å². The molecule has 3 aliphatic carbocycles. The normalized spacial score (nSPS) is 23.2. The fourth-order valence-corrected chi connectivity index (χ4v) is 8.30. The molecule has 8 heteroatoms. The Labute approximate surface area is 271 Å². The second kappa shape index (κ2) is 13.3. The maximum Gasteiger partial charge on any atom is 0.407 e. The van der Waals surface area contributed by atoms with Gasteiger partial charge < -0.3 is 26.0 Å². The maximum atomic E-state index is 13.9. The molecule has 4 atom stereocenters. The van der Waals surface area contributed by atoms with Crippen molar-refractivity contribution < 1.29 is 19.1 Å². The van der Waals surface area contributed by atoms with Gasteiger partial charge in [-0.2, -0.15) is 0 Å². The molecule has 0 bridgehead atoms. The van der Waals surface area contributed by atoms with E-state index in [9.17, 15) is 14.4 Å². The largest absolute Gasteiger partial charge is 0.449 e. The lowest BCUT2D eigenvalue weighted by molar-refractivity contribution is -0.140. The summed E-state index contributed by atoms with van der Waals surface area (Å²) >= 11 is 0. The van der Waals surface area contributed by atoms with E-state index in [1.807, 2.05) is 36.4 Å². The van der Waals surface area contributed by atoms with Crippen LogP contribution in [0.5, 0.6) is 0 Å². The van der Waals surface area contributed by atoms with Gasteiger partial charge in [-0.05, 0) is 77.8 Å². The molecule has 46 heavy (non-hydrogen) atoms. The summed E-state index contributed by atoms with van der Waals surface area (Å²) in [4.78, 5) is 42.6. The number of carbonyl (C=O) groups excluding carboxylic acids is 3. The molecule has 1 saturated carbocycles. The first-order chi connectivity index (χ1) is 22.5. The maximum absolute atomic E-state index is 13.9. The number of fused-ring (bicyclic) bond motifs is 4. The highest BCUT2D eigenvalue weighted by Gasteiger charge is 2.44. The Hall–Kier alpha value is -4.17. The van der Waals surface area contributed by atoms with Crippen molar-refractivity contribution in [2.24, 2.45) is 11.7 Å². The van der Waals surface area contributed by atoms with Crippen LogP contribution in [0.2, 0.25) is 0 Å². The van der Waals surface area contributed by atoms with Gasteiger partial charge in [0.1, 0.15) is 12.6 Å². The number of nitrogens with zero attached hydrogens (tertiary/aromatic N) is 1. The molecule has 1 heterocycles. The molecule has 4 N–H and O–H groups in total. The SMILES string of the molecule is NC(C(=O)N1CC(NC(=O)OCC2c3ccccc3-c3ccccc32)CC1C(=O)NC1CCCc2ccccc21)C1CCCCC1. The Bertz CT molecular complexity index is 1560. The number of amides is 3. The van der Waals surface area contributed by atoms with E-state index >= 15 is 0 Å². The van der Waals surface area contributed by atoms with Crippen LogP contribution in [-0.2, 0) is 20.7 Å². The Kier molecular flexibility index (Phi) is 8.80. The minimum absolute atomic E-state index is 0.0507. The van der Waals surface area contributed by atoms with Crippen LogP contribution < -0.4 is 16.4 Å². The van der Waals surface area contributed by atoms with Crippen molar-refractivity contribution in [3.8, 4) is 11.1 Å². The lowest BCUT2D eigenvalue weighted by atomic mass is 9.83. The molecule has 1 saturated heterocycles. The van der Waals surface area contributed by atoms with E-state index < -0.39 is 24.2 Å². The molecule has 2 fully saturated rings. The molecule has 3 aromatic carbocycles. The number of likely N-dealkylation sites (tertiary alicyclic amines) is 1. The number of alkyl carbamates (subject to hydrolysis) is 1. The quantitative estimate of drug-likeness (QED) is 0.319. The fraction of sp³-hybridized carbons (Fsp3) is 0.447. The zero-order valence-corrected chi connectivity index (χ0v) is 26.3. The monoisotopic (exact) mass is 620 g/mol. The third kappa shape index (κ3) is 6.03. The fourth-order valence-electron chi connectivity index (χ4n) is 8.30. The van der Waals surface area contributed by atoms with Gasteiger partial charge in [-0.1, -0.05) is 92.1 Å². The minimum Gasteiger partial charge on any atom is -0.449 e. The molecule has 1 aliphatic heterocycles. The molecule has 8 nitrogen and oxygen atoms in total. The predicted octanol–water partition coefficient (Wildman–Crippen LogP) is 5.60. The van der Waals surface area contributed by atoms with Crippen molar-refractivity contribution >= 4 is 17.9 Å². The van der Waals surface area contributed by atoms with Crippen LogP contribution in [0.4, 0.5) is 4.79 Å². The molecular weight excluding hydrogens is 576 g/mol. The summed E-state index contributed by atoms with van der Waals surface area (Å²) in [6.07, 6.45) is 7.78. The van der Waals surface area contributed by atoms with Crippen LogP contribution in [0.3, 0.4) is 0 Å². The molecular formula is C38H44N4O4. The zero-order chi connectivity index (χ0) is 31.6. The van der Waals surface area contributed by atoms with Gasteiger partial charge in [0.05, 0.1) is 18.1 Å². The summed E-state index contributed by atoms with van der Waals surface area (Å²) in [6, 6.07) is 22.8. The van der Waals surface area contributed by atoms with E-state index in [4.69, 9.17) is 10.5 Å². The Balaban J connectivity index is 1.04. The predicted molar refractivity (Wildman–Crippen MR) is 177 cm³/mol. The van der Waals surface area contributed by atoms with Gasteiger partial charge in [-0.25, -0.2) is 4.79 Å². The van der Waals surface area contributed by atoms with Gasteiger partial charge in [0.25, 0.3) is 0 Å². The number of hydrogen-bond acceptors (Lipinski definition) is 5. The number of nitrogens with one attached hydrogen (secondary N) is 2. The van der Waals surface area contributed by atoms with Crippen molar-refractivity contribution in [2.45, 2.75) is 87.9 Å². The summed E-state index contributed by atoms with van der Waals surface area (Å²) in [5.41, 5.74) is 13.6. The van der Waals surface area contributed by atoms with Crippen molar-refractivity contribution in [2.75, 3.05) is 13.2 Å². The van der Waals surface area contributed by atoms with Crippen molar-refractivity contribution in [1.29, 1.82) is 0 Å². The molecule has 3 amide bonds. The topological polar surface area (TPSA) is 114 Å². The average Bonchev–Trinajstić information content (AvgIpc) is 3.66. The van der Waals surface area contributed by atoms with E-state index in [-0.39, 0.29) is 42.8 Å². The average molecular weight is 621 g/mol. The van der Waals surface area contributed by atoms with Gasteiger partial charge in [-0.15, -0.1) is 0 Å². The second-order valence-electron chi connectivity index (χ2n) is 13.5. The number of carbonyl (C=O) groups is 3. The number of ether oxygens (including phenoxy) is 1.